The second-order valence-corrected chi connectivity index (χ2v) is 19.0. The van der Waals surface area contributed by atoms with Crippen molar-refractivity contribution in [1.29, 1.82) is 0 Å². The Kier molecular flexibility index (Phi) is 12.7. The molecule has 10 rings (SSSR count). The molecule has 0 aliphatic carbocycles. The van der Waals surface area contributed by atoms with E-state index in [1.165, 1.54) is 0 Å². The first-order valence-corrected chi connectivity index (χ1v) is 23.8. The maximum Gasteiger partial charge on any atom is 0.269 e. The number of hydrogen-bond donors (Lipinski definition) is 3. The van der Waals surface area contributed by atoms with Gasteiger partial charge in [-0.25, -0.2) is 9.98 Å². The maximum absolute atomic E-state index is 13.5. The molecule has 3 aliphatic rings. The summed E-state index contributed by atoms with van der Waals surface area (Å²) in [5.41, 5.74) is 15.2. The summed E-state index contributed by atoms with van der Waals surface area (Å²) in [6, 6.07) is 48.1. The largest absolute Gasteiger partial charge is 0.351 e. The second kappa shape index (κ2) is 19.4. The van der Waals surface area contributed by atoms with E-state index in [1.807, 2.05) is 128 Å². The number of allylic oxidation sites excluding steroid dienone is 1. The predicted molar refractivity (Wildman–Crippen MR) is 270 cm³/mol. The average Bonchev–Trinajstić information content (AvgIpc) is 3.63. The summed E-state index contributed by atoms with van der Waals surface area (Å²) in [6.45, 7) is 0.490. The lowest BCUT2D eigenvalue weighted by Crippen LogP contribution is -2.42. The Labute approximate surface area is 405 Å². The van der Waals surface area contributed by atoms with Gasteiger partial charge >= 0.3 is 0 Å². The highest BCUT2D eigenvalue weighted by molar-refractivity contribution is 7.99. The van der Waals surface area contributed by atoms with Crippen molar-refractivity contribution >= 4 is 93.5 Å². The SMILES string of the molecule is O=C(Cc1cccc(-c2ccc3c(c2)C(c2ccc(Cl)cc2)=Nc2cc(C(=O)NCC4C=NC=CC4)ccc2S3)c1)NNC(=O)c1ccc2c(c1)N=C(c1ccc(Cl)cc1)c1ccccc1S2. The summed E-state index contributed by atoms with van der Waals surface area (Å²) in [5, 5.41) is 4.29. The van der Waals surface area contributed by atoms with Crippen LogP contribution in [0.4, 0.5) is 11.4 Å². The van der Waals surface area contributed by atoms with Crippen LogP contribution in [-0.2, 0) is 11.2 Å². The molecule has 3 aliphatic heterocycles. The van der Waals surface area contributed by atoms with Gasteiger partial charge in [-0.05, 0) is 102 Å². The van der Waals surface area contributed by atoms with Gasteiger partial charge in [-0.1, -0.05) is 126 Å². The molecule has 0 spiro atoms. The second-order valence-electron chi connectivity index (χ2n) is 16.0. The van der Waals surface area contributed by atoms with Crippen LogP contribution in [0.3, 0.4) is 0 Å². The number of halogens is 2. The van der Waals surface area contributed by atoms with E-state index in [2.05, 4.69) is 45.4 Å². The zero-order valence-electron chi connectivity index (χ0n) is 35.5. The maximum atomic E-state index is 13.5. The summed E-state index contributed by atoms with van der Waals surface area (Å²) in [7, 11) is 0. The van der Waals surface area contributed by atoms with Crippen LogP contribution in [0.1, 0.15) is 55.0 Å². The summed E-state index contributed by atoms with van der Waals surface area (Å²) in [6.07, 6.45) is 6.49. The highest BCUT2D eigenvalue weighted by Gasteiger charge is 2.23. The van der Waals surface area contributed by atoms with Crippen LogP contribution < -0.4 is 16.2 Å². The molecule has 1 atom stereocenters. The van der Waals surface area contributed by atoms with Crippen molar-refractivity contribution in [2.75, 3.05) is 6.54 Å². The summed E-state index contributed by atoms with van der Waals surface area (Å²) >= 11 is 15.7. The van der Waals surface area contributed by atoms with Gasteiger partial charge in [-0.15, -0.1) is 0 Å². The molecule has 3 N–H and O–H groups in total. The van der Waals surface area contributed by atoms with Gasteiger partial charge in [0.05, 0.1) is 29.2 Å². The number of nitrogens with zero attached hydrogens (tertiary/aromatic N) is 3. The van der Waals surface area contributed by atoms with Gasteiger partial charge in [-0.2, -0.15) is 0 Å². The van der Waals surface area contributed by atoms with Crippen molar-refractivity contribution in [2.24, 2.45) is 20.9 Å². The summed E-state index contributed by atoms with van der Waals surface area (Å²) in [5.74, 6) is -0.867. The van der Waals surface area contributed by atoms with Crippen LogP contribution in [0.15, 0.2) is 198 Å². The highest BCUT2D eigenvalue weighted by Crippen LogP contribution is 2.44. The van der Waals surface area contributed by atoms with Gasteiger partial charge in [0.15, 0.2) is 0 Å². The van der Waals surface area contributed by atoms with E-state index in [4.69, 9.17) is 33.2 Å². The third-order valence-electron chi connectivity index (χ3n) is 11.4. The molecule has 67 heavy (non-hydrogen) atoms. The predicted octanol–water partition coefficient (Wildman–Crippen LogP) is 12.3. The molecule has 3 amide bonds. The molecule has 0 radical (unpaired) electrons. The normalized spacial score (nSPS) is 14.4. The molecule has 7 aromatic carbocycles. The Hall–Kier alpha value is -7.02. The van der Waals surface area contributed by atoms with Crippen molar-refractivity contribution in [2.45, 2.75) is 32.4 Å². The van der Waals surface area contributed by atoms with Gasteiger partial charge in [0.1, 0.15) is 0 Å². The molecule has 0 saturated carbocycles. The number of carbonyl (C=O) groups excluding carboxylic acids is 3. The van der Waals surface area contributed by atoms with Crippen molar-refractivity contribution in [3.63, 3.8) is 0 Å². The summed E-state index contributed by atoms with van der Waals surface area (Å²) in [4.78, 5) is 58.5. The van der Waals surface area contributed by atoms with Gasteiger partial charge in [0.25, 0.3) is 11.8 Å². The van der Waals surface area contributed by atoms with Gasteiger partial charge in [-0.3, -0.25) is 30.2 Å². The Morgan fingerprint density at radius 2 is 1.16 bits per heavy atom. The first-order chi connectivity index (χ1) is 32.7. The fraction of sp³-hybridized carbons (Fsp3) is 0.0741. The molecular formula is C54H38Cl2N6O3S2. The van der Waals surface area contributed by atoms with Crippen LogP contribution in [0.25, 0.3) is 11.1 Å². The zero-order chi connectivity index (χ0) is 45.9. The standard InChI is InChI=1S/C54H38Cl2N6O3S2/c55-40-17-10-34(11-18-40)51-42-8-1-2-9-46(42)66-48-23-16-39(29-45(48)59-51)54(65)62-61-50(63)26-32-5-3-7-36(25-32)37-14-21-47-43(27-37)52(35-12-19-41(56)20-13-35)60-44-28-38(15-22-49(44)67-47)53(64)58-31-33-6-4-24-57-30-33/h1-5,7-25,27-30,33H,6,26,31H2,(H,58,64)(H,61,63)(H,62,65). The Morgan fingerprint density at radius 3 is 1.84 bits per heavy atom. The lowest BCUT2D eigenvalue weighted by molar-refractivity contribution is -0.121. The van der Waals surface area contributed by atoms with Crippen LogP contribution in [0.5, 0.6) is 0 Å². The Bertz CT molecular complexity index is 3240. The highest BCUT2D eigenvalue weighted by atomic mass is 35.5. The molecule has 0 aromatic heterocycles. The summed E-state index contributed by atoms with van der Waals surface area (Å²) < 4.78 is 0. The Morgan fingerprint density at radius 1 is 0.567 bits per heavy atom. The van der Waals surface area contributed by atoms with E-state index in [0.717, 1.165) is 76.4 Å². The topological polar surface area (TPSA) is 124 Å². The first kappa shape index (κ1) is 43.9. The van der Waals surface area contributed by atoms with Crippen molar-refractivity contribution in [1.82, 2.24) is 16.2 Å². The molecule has 3 heterocycles. The van der Waals surface area contributed by atoms with Gasteiger partial charge < -0.3 is 5.32 Å². The van der Waals surface area contributed by atoms with E-state index in [1.54, 1.807) is 41.9 Å². The minimum Gasteiger partial charge on any atom is -0.351 e. The fourth-order valence-corrected chi connectivity index (χ4v) is 10.2. The third-order valence-corrected chi connectivity index (χ3v) is 14.1. The molecule has 328 valence electrons. The fourth-order valence-electron chi connectivity index (χ4n) is 7.93. The monoisotopic (exact) mass is 952 g/mol. The number of carbonyl (C=O) groups is 3. The number of fused-ring (bicyclic) bond motifs is 4. The zero-order valence-corrected chi connectivity index (χ0v) is 38.6. The number of aliphatic imine (C=N–C) groups is 3. The first-order valence-electron chi connectivity index (χ1n) is 21.4. The quantitative estimate of drug-likeness (QED) is 0.124. The molecule has 9 nitrogen and oxygen atoms in total. The number of rotatable bonds is 9. The number of hydrogen-bond acceptors (Lipinski definition) is 8. The van der Waals surface area contributed by atoms with Crippen LogP contribution in [-0.4, -0.2) is 41.9 Å². The van der Waals surface area contributed by atoms with Crippen LogP contribution in [0, 0.1) is 5.92 Å². The van der Waals surface area contributed by atoms with E-state index < -0.39 is 5.91 Å². The number of nitrogens with one attached hydrogen (secondary N) is 3. The third kappa shape index (κ3) is 9.91. The van der Waals surface area contributed by atoms with Gasteiger partial charge in [0, 0.05) is 87.9 Å². The molecular weight excluding hydrogens is 916 g/mol. The molecule has 13 heteroatoms. The molecule has 0 bridgehead atoms. The van der Waals surface area contributed by atoms with Crippen LogP contribution >= 0.6 is 46.7 Å². The van der Waals surface area contributed by atoms with Crippen molar-refractivity contribution in [3.8, 4) is 11.1 Å². The molecule has 0 fully saturated rings. The average molecular weight is 954 g/mol. The van der Waals surface area contributed by atoms with E-state index in [0.29, 0.717) is 39.1 Å². The smallest absolute Gasteiger partial charge is 0.269 e. The van der Waals surface area contributed by atoms with Gasteiger partial charge in [0.2, 0.25) is 5.91 Å². The van der Waals surface area contributed by atoms with Crippen LogP contribution in [0.2, 0.25) is 10.0 Å². The minimum atomic E-state index is -0.467. The lowest BCUT2D eigenvalue weighted by Gasteiger charge is -2.13. The van der Waals surface area contributed by atoms with E-state index in [-0.39, 0.29) is 24.2 Å². The minimum absolute atomic E-state index is 0.0245. The molecule has 7 aromatic rings. The van der Waals surface area contributed by atoms with Crippen molar-refractivity contribution in [3.05, 3.63) is 213 Å². The van der Waals surface area contributed by atoms with E-state index >= 15 is 0 Å². The number of amides is 3. The lowest BCUT2D eigenvalue weighted by atomic mass is 9.96. The van der Waals surface area contributed by atoms with Crippen molar-refractivity contribution < 1.29 is 14.4 Å². The van der Waals surface area contributed by atoms with E-state index in [9.17, 15) is 14.4 Å². The Balaban J connectivity index is 0.854. The number of benzene rings is 7. The molecule has 0 saturated heterocycles. The molecule has 1 unspecified atom stereocenters. The number of hydrazine groups is 1.